The smallest absolute Gasteiger partial charge is 0.223 e. The van der Waals surface area contributed by atoms with Crippen molar-refractivity contribution in [3.05, 3.63) is 0 Å². The molecule has 0 spiro atoms. The molecule has 1 aliphatic carbocycles. The molecule has 106 valence electrons. The van der Waals surface area contributed by atoms with Crippen LogP contribution in [0.1, 0.15) is 39.5 Å². The average molecular weight is 256 g/mol. The van der Waals surface area contributed by atoms with Crippen LogP contribution in [-0.4, -0.2) is 32.2 Å². The van der Waals surface area contributed by atoms with E-state index in [1.54, 1.807) is 7.11 Å². The lowest BCUT2D eigenvalue weighted by atomic mass is 9.78. The van der Waals surface area contributed by atoms with Gasteiger partial charge in [0.25, 0.3) is 0 Å². The highest BCUT2D eigenvalue weighted by Crippen LogP contribution is 2.29. The van der Waals surface area contributed by atoms with Crippen LogP contribution in [0.5, 0.6) is 0 Å². The summed E-state index contributed by atoms with van der Waals surface area (Å²) in [6, 6.07) is 0.284. The Morgan fingerprint density at radius 1 is 1.44 bits per heavy atom. The van der Waals surface area contributed by atoms with Crippen LogP contribution < -0.4 is 11.1 Å². The molecule has 1 saturated carbocycles. The molecule has 0 radical (unpaired) electrons. The summed E-state index contributed by atoms with van der Waals surface area (Å²) in [6.07, 6.45) is 4.39. The third-order valence-corrected chi connectivity index (χ3v) is 3.95. The molecule has 4 unspecified atom stereocenters. The van der Waals surface area contributed by atoms with E-state index < -0.39 is 0 Å². The fourth-order valence-electron chi connectivity index (χ4n) is 2.71. The Kier molecular flexibility index (Phi) is 6.65. The zero-order valence-electron chi connectivity index (χ0n) is 11.9. The Hall–Kier alpha value is -0.610. The molecule has 4 heteroatoms. The van der Waals surface area contributed by atoms with Crippen LogP contribution in [0, 0.1) is 17.8 Å². The highest BCUT2D eigenvalue weighted by Gasteiger charge is 2.28. The molecule has 1 aliphatic rings. The van der Waals surface area contributed by atoms with Crippen LogP contribution in [0.3, 0.4) is 0 Å². The van der Waals surface area contributed by atoms with Gasteiger partial charge >= 0.3 is 0 Å². The van der Waals surface area contributed by atoms with Gasteiger partial charge in [-0.3, -0.25) is 4.79 Å². The van der Waals surface area contributed by atoms with E-state index in [2.05, 4.69) is 12.2 Å². The van der Waals surface area contributed by atoms with Gasteiger partial charge in [-0.2, -0.15) is 0 Å². The standard InChI is InChI=1S/C14H28N2O2/c1-10(9-18-3)8-16-14(17)11(2)12-5-4-6-13(15)7-12/h10-13H,4-9,15H2,1-3H3,(H,16,17). The highest BCUT2D eigenvalue weighted by atomic mass is 16.5. The predicted octanol–water partition coefficient (Wildman–Crippen LogP) is 1.54. The second-order valence-corrected chi connectivity index (χ2v) is 5.78. The van der Waals surface area contributed by atoms with Crippen LogP contribution >= 0.6 is 0 Å². The number of amides is 1. The van der Waals surface area contributed by atoms with Crippen molar-refractivity contribution >= 4 is 5.91 Å². The van der Waals surface area contributed by atoms with E-state index in [4.69, 9.17) is 10.5 Å². The van der Waals surface area contributed by atoms with Crippen molar-refractivity contribution in [1.29, 1.82) is 0 Å². The number of methoxy groups -OCH3 is 1. The highest BCUT2D eigenvalue weighted by molar-refractivity contribution is 5.78. The van der Waals surface area contributed by atoms with E-state index in [0.717, 1.165) is 25.7 Å². The first-order valence-corrected chi connectivity index (χ1v) is 7.06. The summed E-state index contributed by atoms with van der Waals surface area (Å²) in [7, 11) is 1.68. The zero-order valence-corrected chi connectivity index (χ0v) is 11.9. The maximum absolute atomic E-state index is 12.1. The third kappa shape index (κ3) is 4.94. The number of hydrogen-bond acceptors (Lipinski definition) is 3. The van der Waals surface area contributed by atoms with Crippen LogP contribution in [0.15, 0.2) is 0 Å². The molecule has 0 heterocycles. The van der Waals surface area contributed by atoms with Crippen molar-refractivity contribution < 1.29 is 9.53 Å². The van der Waals surface area contributed by atoms with Gasteiger partial charge in [0.1, 0.15) is 0 Å². The van der Waals surface area contributed by atoms with Gasteiger partial charge in [0.05, 0.1) is 6.61 Å². The molecular weight excluding hydrogens is 228 g/mol. The first-order chi connectivity index (χ1) is 8.54. The van der Waals surface area contributed by atoms with Gasteiger partial charge in [-0.05, 0) is 31.1 Å². The second kappa shape index (κ2) is 7.74. The van der Waals surface area contributed by atoms with Crippen LogP contribution in [0.2, 0.25) is 0 Å². The molecule has 4 atom stereocenters. The number of hydrogen-bond donors (Lipinski definition) is 2. The van der Waals surface area contributed by atoms with Gasteiger partial charge in [0, 0.05) is 25.6 Å². The number of ether oxygens (including phenoxy) is 1. The summed E-state index contributed by atoms with van der Waals surface area (Å²) in [6.45, 7) is 5.47. The van der Waals surface area contributed by atoms with Crippen molar-refractivity contribution in [3.63, 3.8) is 0 Å². The van der Waals surface area contributed by atoms with E-state index in [0.29, 0.717) is 25.0 Å². The maximum Gasteiger partial charge on any atom is 0.223 e. The lowest BCUT2D eigenvalue weighted by Crippen LogP contribution is -2.39. The van der Waals surface area contributed by atoms with Crippen LogP contribution in [0.4, 0.5) is 0 Å². The molecule has 0 aromatic rings. The minimum Gasteiger partial charge on any atom is -0.384 e. The van der Waals surface area contributed by atoms with Gasteiger partial charge in [0.15, 0.2) is 0 Å². The van der Waals surface area contributed by atoms with Gasteiger partial charge in [-0.25, -0.2) is 0 Å². The quantitative estimate of drug-likeness (QED) is 0.757. The normalized spacial score (nSPS) is 27.6. The van der Waals surface area contributed by atoms with Crippen LogP contribution in [0.25, 0.3) is 0 Å². The number of nitrogens with one attached hydrogen (secondary N) is 1. The molecule has 0 aliphatic heterocycles. The summed E-state index contributed by atoms with van der Waals surface area (Å²) in [4.78, 5) is 12.1. The number of nitrogens with two attached hydrogens (primary N) is 1. The predicted molar refractivity (Wildman–Crippen MR) is 73.1 cm³/mol. The number of rotatable bonds is 6. The lowest BCUT2D eigenvalue weighted by Gasteiger charge is -2.30. The molecule has 1 rings (SSSR count). The molecule has 1 amide bonds. The summed E-state index contributed by atoms with van der Waals surface area (Å²) in [5, 5.41) is 3.02. The topological polar surface area (TPSA) is 64.3 Å². The molecule has 0 aromatic carbocycles. The largest absolute Gasteiger partial charge is 0.384 e. The van der Waals surface area contributed by atoms with Crippen molar-refractivity contribution in [2.75, 3.05) is 20.3 Å². The molecule has 0 saturated heterocycles. The molecule has 18 heavy (non-hydrogen) atoms. The van der Waals surface area contributed by atoms with Crippen molar-refractivity contribution in [3.8, 4) is 0 Å². The second-order valence-electron chi connectivity index (χ2n) is 5.78. The van der Waals surface area contributed by atoms with E-state index in [9.17, 15) is 4.79 Å². The minimum atomic E-state index is 0.0751. The Morgan fingerprint density at radius 2 is 2.17 bits per heavy atom. The Labute approximate surface area is 111 Å². The van der Waals surface area contributed by atoms with Crippen molar-refractivity contribution in [1.82, 2.24) is 5.32 Å². The van der Waals surface area contributed by atoms with Crippen molar-refractivity contribution in [2.45, 2.75) is 45.6 Å². The van der Waals surface area contributed by atoms with E-state index in [-0.39, 0.29) is 17.9 Å². The van der Waals surface area contributed by atoms with Gasteiger partial charge < -0.3 is 15.8 Å². The summed E-state index contributed by atoms with van der Waals surface area (Å²) >= 11 is 0. The molecule has 3 N–H and O–H groups in total. The monoisotopic (exact) mass is 256 g/mol. The molecular formula is C14H28N2O2. The summed E-state index contributed by atoms with van der Waals surface area (Å²) in [5.41, 5.74) is 5.98. The van der Waals surface area contributed by atoms with Gasteiger partial charge in [0.2, 0.25) is 5.91 Å². The fourth-order valence-corrected chi connectivity index (χ4v) is 2.71. The van der Waals surface area contributed by atoms with E-state index in [1.165, 1.54) is 0 Å². The Bertz CT molecular complexity index is 258. The first-order valence-electron chi connectivity index (χ1n) is 7.06. The van der Waals surface area contributed by atoms with Gasteiger partial charge in [-0.15, -0.1) is 0 Å². The lowest BCUT2D eigenvalue weighted by molar-refractivity contribution is -0.126. The molecule has 4 nitrogen and oxygen atoms in total. The average Bonchev–Trinajstić information content (AvgIpc) is 2.35. The Balaban J connectivity index is 2.31. The number of carbonyl (C=O) groups excluding carboxylic acids is 1. The maximum atomic E-state index is 12.1. The summed E-state index contributed by atoms with van der Waals surface area (Å²) < 4.78 is 5.06. The molecule has 1 fully saturated rings. The SMILES string of the molecule is COCC(C)CNC(=O)C(C)C1CCCC(N)C1. The van der Waals surface area contributed by atoms with Crippen LogP contribution in [-0.2, 0) is 9.53 Å². The van der Waals surface area contributed by atoms with E-state index in [1.807, 2.05) is 6.92 Å². The summed E-state index contributed by atoms with van der Waals surface area (Å²) in [5.74, 6) is 1.05. The Morgan fingerprint density at radius 3 is 2.78 bits per heavy atom. The van der Waals surface area contributed by atoms with Gasteiger partial charge in [-0.1, -0.05) is 20.3 Å². The number of carbonyl (C=O) groups is 1. The van der Waals surface area contributed by atoms with Crippen molar-refractivity contribution in [2.24, 2.45) is 23.5 Å². The third-order valence-electron chi connectivity index (χ3n) is 3.95. The van der Waals surface area contributed by atoms with E-state index >= 15 is 0 Å². The molecule has 0 bridgehead atoms. The fraction of sp³-hybridized carbons (Fsp3) is 0.929. The minimum absolute atomic E-state index is 0.0751. The first kappa shape index (κ1) is 15.4. The zero-order chi connectivity index (χ0) is 13.5. The molecule has 0 aromatic heterocycles.